The summed E-state index contributed by atoms with van der Waals surface area (Å²) in [6.45, 7) is 7.27. The van der Waals surface area contributed by atoms with Gasteiger partial charge in [-0.2, -0.15) is 0 Å². The molecule has 0 saturated heterocycles. The molecular weight excluding hydrogens is 269 g/mol. The maximum absolute atomic E-state index is 13.3. The zero-order valence-electron chi connectivity index (χ0n) is 10.1. The third-order valence-electron chi connectivity index (χ3n) is 3.14. The summed E-state index contributed by atoms with van der Waals surface area (Å²) in [5.74, 6) is 0.433. The van der Waals surface area contributed by atoms with Crippen LogP contribution in [-0.2, 0) is 6.54 Å². The van der Waals surface area contributed by atoms with Gasteiger partial charge in [0.25, 0.3) is 0 Å². The van der Waals surface area contributed by atoms with Gasteiger partial charge in [-0.3, -0.25) is 0 Å². The maximum Gasteiger partial charge on any atom is 0.137 e. The molecule has 0 radical (unpaired) electrons. The molecule has 16 heavy (non-hydrogen) atoms. The molecule has 1 aromatic carbocycles. The average molecular weight is 288 g/mol. The van der Waals surface area contributed by atoms with Crippen molar-refractivity contribution in [3.63, 3.8) is 0 Å². The standard InChI is InChI=1S/C13H19BrFN/c1-4-9(2)10(3)16-8-11-6-5-7-12(15)13(11)14/h5-7,9-10,16H,4,8H2,1-3H3. The third kappa shape index (κ3) is 3.56. The van der Waals surface area contributed by atoms with Gasteiger partial charge in [-0.25, -0.2) is 4.39 Å². The fourth-order valence-electron chi connectivity index (χ4n) is 1.51. The van der Waals surface area contributed by atoms with Gasteiger partial charge in [-0.05, 0) is 40.4 Å². The zero-order chi connectivity index (χ0) is 12.1. The minimum absolute atomic E-state index is 0.199. The molecule has 0 amide bonds. The highest BCUT2D eigenvalue weighted by atomic mass is 79.9. The third-order valence-corrected chi connectivity index (χ3v) is 4.03. The molecule has 0 aliphatic carbocycles. The van der Waals surface area contributed by atoms with Crippen LogP contribution in [0.2, 0.25) is 0 Å². The van der Waals surface area contributed by atoms with E-state index in [9.17, 15) is 4.39 Å². The van der Waals surface area contributed by atoms with Crippen molar-refractivity contribution in [1.82, 2.24) is 5.32 Å². The highest BCUT2D eigenvalue weighted by Crippen LogP contribution is 2.20. The van der Waals surface area contributed by atoms with Gasteiger partial charge >= 0.3 is 0 Å². The molecule has 1 rings (SSSR count). The molecule has 0 aliphatic heterocycles. The van der Waals surface area contributed by atoms with Gasteiger partial charge in [-0.15, -0.1) is 0 Å². The van der Waals surface area contributed by atoms with E-state index in [1.807, 2.05) is 6.07 Å². The van der Waals surface area contributed by atoms with Crippen LogP contribution in [0.25, 0.3) is 0 Å². The lowest BCUT2D eigenvalue weighted by Gasteiger charge is -2.20. The summed E-state index contributed by atoms with van der Waals surface area (Å²) in [4.78, 5) is 0. The molecule has 0 spiro atoms. The molecule has 1 N–H and O–H groups in total. The Morgan fingerprint density at radius 1 is 1.38 bits per heavy atom. The van der Waals surface area contributed by atoms with E-state index in [4.69, 9.17) is 0 Å². The fourth-order valence-corrected chi connectivity index (χ4v) is 1.92. The Kier molecular flexibility index (Phi) is 5.42. The number of nitrogens with one attached hydrogen (secondary N) is 1. The minimum Gasteiger partial charge on any atom is -0.310 e. The van der Waals surface area contributed by atoms with Gasteiger partial charge in [-0.1, -0.05) is 32.4 Å². The fraction of sp³-hybridized carbons (Fsp3) is 0.538. The number of hydrogen-bond donors (Lipinski definition) is 1. The van der Waals surface area contributed by atoms with Crippen LogP contribution in [0.3, 0.4) is 0 Å². The van der Waals surface area contributed by atoms with Crippen LogP contribution in [0.4, 0.5) is 4.39 Å². The summed E-state index contributed by atoms with van der Waals surface area (Å²) in [6.07, 6.45) is 1.15. The van der Waals surface area contributed by atoms with Gasteiger partial charge < -0.3 is 5.32 Å². The second-order valence-corrected chi connectivity index (χ2v) is 5.06. The topological polar surface area (TPSA) is 12.0 Å². The van der Waals surface area contributed by atoms with Crippen molar-refractivity contribution in [2.75, 3.05) is 0 Å². The monoisotopic (exact) mass is 287 g/mol. The van der Waals surface area contributed by atoms with E-state index in [0.29, 0.717) is 23.0 Å². The summed E-state index contributed by atoms with van der Waals surface area (Å²) in [5.41, 5.74) is 0.968. The Morgan fingerprint density at radius 3 is 2.69 bits per heavy atom. The van der Waals surface area contributed by atoms with E-state index in [2.05, 4.69) is 42.0 Å². The molecule has 2 unspecified atom stereocenters. The van der Waals surface area contributed by atoms with Crippen LogP contribution in [-0.4, -0.2) is 6.04 Å². The second-order valence-electron chi connectivity index (χ2n) is 4.27. The molecule has 0 aliphatic rings. The summed E-state index contributed by atoms with van der Waals surface area (Å²) >= 11 is 3.27. The molecular formula is C13H19BrFN. The molecule has 0 fully saturated rings. The molecule has 0 saturated carbocycles. The largest absolute Gasteiger partial charge is 0.310 e. The number of hydrogen-bond acceptors (Lipinski definition) is 1. The zero-order valence-corrected chi connectivity index (χ0v) is 11.6. The van der Waals surface area contributed by atoms with E-state index in [1.165, 1.54) is 6.07 Å². The van der Waals surface area contributed by atoms with E-state index < -0.39 is 0 Å². The predicted molar refractivity (Wildman–Crippen MR) is 69.9 cm³/mol. The van der Waals surface area contributed by atoms with Crippen molar-refractivity contribution in [1.29, 1.82) is 0 Å². The highest BCUT2D eigenvalue weighted by molar-refractivity contribution is 9.10. The summed E-state index contributed by atoms with van der Waals surface area (Å²) in [6, 6.07) is 5.58. The smallest absolute Gasteiger partial charge is 0.137 e. The Bertz CT molecular complexity index is 341. The van der Waals surface area contributed by atoms with E-state index in [0.717, 1.165) is 12.0 Å². The Balaban J connectivity index is 2.58. The first-order valence-corrected chi connectivity index (χ1v) is 6.51. The molecule has 2 atom stereocenters. The predicted octanol–water partition coefficient (Wildman–Crippen LogP) is 4.11. The van der Waals surface area contributed by atoms with Crippen molar-refractivity contribution in [2.24, 2.45) is 5.92 Å². The van der Waals surface area contributed by atoms with Crippen LogP contribution < -0.4 is 5.32 Å². The molecule has 1 aromatic rings. The maximum atomic E-state index is 13.3. The van der Waals surface area contributed by atoms with Crippen molar-refractivity contribution in [2.45, 2.75) is 39.8 Å². The number of benzene rings is 1. The van der Waals surface area contributed by atoms with Gasteiger partial charge in [0.15, 0.2) is 0 Å². The van der Waals surface area contributed by atoms with Crippen LogP contribution in [0, 0.1) is 11.7 Å². The molecule has 0 aromatic heterocycles. The number of halogens is 2. The molecule has 1 nitrogen and oxygen atoms in total. The van der Waals surface area contributed by atoms with E-state index >= 15 is 0 Å². The molecule has 90 valence electrons. The molecule has 0 heterocycles. The minimum atomic E-state index is -0.199. The first-order valence-electron chi connectivity index (χ1n) is 5.72. The van der Waals surface area contributed by atoms with Crippen LogP contribution in [0.1, 0.15) is 32.8 Å². The SMILES string of the molecule is CCC(C)C(C)NCc1cccc(F)c1Br. The Hall–Kier alpha value is -0.410. The second kappa shape index (κ2) is 6.36. The lowest BCUT2D eigenvalue weighted by Crippen LogP contribution is -2.31. The van der Waals surface area contributed by atoms with Crippen molar-refractivity contribution in [3.05, 3.63) is 34.1 Å². The van der Waals surface area contributed by atoms with E-state index in [-0.39, 0.29) is 5.82 Å². The lowest BCUT2D eigenvalue weighted by atomic mass is 10.0. The molecule has 0 bridgehead atoms. The van der Waals surface area contributed by atoms with E-state index in [1.54, 1.807) is 6.07 Å². The van der Waals surface area contributed by atoms with Gasteiger partial charge in [0.05, 0.1) is 4.47 Å². The summed E-state index contributed by atoms with van der Waals surface area (Å²) in [7, 11) is 0. The first-order chi connectivity index (χ1) is 7.56. The van der Waals surface area contributed by atoms with Crippen LogP contribution in [0.15, 0.2) is 22.7 Å². The van der Waals surface area contributed by atoms with Crippen molar-refractivity contribution in [3.8, 4) is 0 Å². The van der Waals surface area contributed by atoms with Crippen LogP contribution >= 0.6 is 15.9 Å². The van der Waals surface area contributed by atoms with Gasteiger partial charge in [0.1, 0.15) is 5.82 Å². The normalized spacial score (nSPS) is 14.8. The van der Waals surface area contributed by atoms with Crippen LogP contribution in [0.5, 0.6) is 0 Å². The summed E-state index contributed by atoms with van der Waals surface area (Å²) in [5, 5.41) is 3.42. The summed E-state index contributed by atoms with van der Waals surface area (Å²) < 4.78 is 13.8. The Morgan fingerprint density at radius 2 is 2.06 bits per heavy atom. The van der Waals surface area contributed by atoms with Gasteiger partial charge in [0.2, 0.25) is 0 Å². The van der Waals surface area contributed by atoms with Crippen molar-refractivity contribution >= 4 is 15.9 Å². The lowest BCUT2D eigenvalue weighted by molar-refractivity contribution is 0.389. The first kappa shape index (κ1) is 13.7. The Labute approximate surface area is 106 Å². The average Bonchev–Trinajstić information content (AvgIpc) is 2.29. The molecule has 3 heteroatoms. The van der Waals surface area contributed by atoms with Crippen molar-refractivity contribution < 1.29 is 4.39 Å². The number of rotatable bonds is 5. The van der Waals surface area contributed by atoms with Gasteiger partial charge in [0, 0.05) is 12.6 Å². The highest BCUT2D eigenvalue weighted by Gasteiger charge is 2.11. The quantitative estimate of drug-likeness (QED) is 0.859.